The number of carbonyl (C=O) groups is 1. The van der Waals surface area contributed by atoms with Gasteiger partial charge in [-0.1, -0.05) is 11.3 Å². The summed E-state index contributed by atoms with van der Waals surface area (Å²) >= 11 is 1.52. The van der Waals surface area contributed by atoms with Gasteiger partial charge in [0.05, 0.1) is 23.4 Å². The zero-order chi connectivity index (χ0) is 13.2. The van der Waals surface area contributed by atoms with Crippen molar-refractivity contribution in [2.45, 2.75) is 32.7 Å². The molecule has 0 amide bonds. The topological polar surface area (TPSA) is 46.3 Å². The number of Topliss-reactive ketones (excluding diaryl/α,β-unsaturated/α-hetero) is 1. The molecule has 19 heavy (non-hydrogen) atoms. The van der Waals surface area contributed by atoms with Crippen molar-refractivity contribution in [3.8, 4) is 0 Å². The second-order valence-corrected chi connectivity index (χ2v) is 5.62. The van der Waals surface area contributed by atoms with E-state index in [0.717, 1.165) is 40.8 Å². The molecular weight excluding hydrogens is 260 g/mol. The molecular formula is C14H16N2O2S. The minimum Gasteiger partial charge on any atom is -0.467 e. The van der Waals surface area contributed by atoms with Crippen LogP contribution in [0.5, 0.6) is 0 Å². The number of fused-ring (bicyclic) bond motifs is 1. The van der Waals surface area contributed by atoms with Crippen LogP contribution in [0, 0.1) is 0 Å². The summed E-state index contributed by atoms with van der Waals surface area (Å²) < 4.78 is 5.38. The summed E-state index contributed by atoms with van der Waals surface area (Å²) in [5.74, 6) is 1.17. The number of aryl methyl sites for hydroxylation is 1. The third-order valence-electron chi connectivity index (χ3n) is 3.34. The Morgan fingerprint density at radius 3 is 3.05 bits per heavy atom. The molecule has 1 aliphatic rings. The number of ketones is 1. The summed E-state index contributed by atoms with van der Waals surface area (Å²) in [5, 5.41) is 0.930. The molecule has 1 aliphatic carbocycles. The van der Waals surface area contributed by atoms with E-state index in [1.165, 1.54) is 11.3 Å². The number of rotatable bonds is 4. The molecule has 0 fully saturated rings. The van der Waals surface area contributed by atoms with Crippen LogP contribution >= 0.6 is 11.3 Å². The Morgan fingerprint density at radius 1 is 1.47 bits per heavy atom. The van der Waals surface area contributed by atoms with Crippen molar-refractivity contribution in [3.05, 3.63) is 34.7 Å². The van der Waals surface area contributed by atoms with Gasteiger partial charge in [0.1, 0.15) is 5.76 Å². The fourth-order valence-corrected chi connectivity index (χ4v) is 3.44. The molecule has 0 spiro atoms. The Balaban J connectivity index is 1.85. The molecule has 0 saturated carbocycles. The average molecular weight is 276 g/mol. The summed E-state index contributed by atoms with van der Waals surface area (Å²) in [6.07, 6.45) is 4.20. The molecule has 2 heterocycles. The van der Waals surface area contributed by atoms with Gasteiger partial charge in [0, 0.05) is 13.0 Å². The van der Waals surface area contributed by atoms with Gasteiger partial charge in [-0.25, -0.2) is 4.98 Å². The second kappa shape index (κ2) is 5.17. The molecule has 4 nitrogen and oxygen atoms in total. The first-order valence-electron chi connectivity index (χ1n) is 6.58. The van der Waals surface area contributed by atoms with Gasteiger partial charge in [-0.15, -0.1) is 0 Å². The molecule has 0 unspecified atom stereocenters. The van der Waals surface area contributed by atoms with Gasteiger partial charge in [-0.3, -0.25) is 4.79 Å². The molecule has 0 bridgehead atoms. The lowest BCUT2D eigenvalue weighted by Gasteiger charge is -2.17. The molecule has 5 heteroatoms. The van der Waals surface area contributed by atoms with Gasteiger partial charge < -0.3 is 9.32 Å². The van der Waals surface area contributed by atoms with Crippen LogP contribution in [0.4, 0.5) is 5.13 Å². The van der Waals surface area contributed by atoms with Crippen molar-refractivity contribution in [1.29, 1.82) is 0 Å². The first-order chi connectivity index (χ1) is 9.28. The minimum atomic E-state index is 0.249. The predicted octanol–water partition coefficient (Wildman–Crippen LogP) is 3.28. The Kier molecular flexibility index (Phi) is 3.38. The molecule has 0 atom stereocenters. The highest BCUT2D eigenvalue weighted by Gasteiger charge is 2.24. The predicted molar refractivity (Wildman–Crippen MR) is 74.8 cm³/mol. The molecule has 2 aromatic heterocycles. The number of hydrogen-bond donors (Lipinski definition) is 0. The summed E-state index contributed by atoms with van der Waals surface area (Å²) in [5.41, 5.74) is 0.981. The van der Waals surface area contributed by atoms with Crippen molar-refractivity contribution >= 4 is 22.3 Å². The summed E-state index contributed by atoms with van der Waals surface area (Å²) in [4.78, 5) is 19.5. The van der Waals surface area contributed by atoms with E-state index in [4.69, 9.17) is 4.42 Å². The fourth-order valence-electron chi connectivity index (χ4n) is 2.30. The molecule has 0 aliphatic heterocycles. The number of thiazole rings is 1. The van der Waals surface area contributed by atoms with Gasteiger partial charge in [0.15, 0.2) is 10.9 Å². The van der Waals surface area contributed by atoms with Crippen molar-refractivity contribution in [2.75, 3.05) is 11.4 Å². The van der Waals surface area contributed by atoms with Gasteiger partial charge in [0.25, 0.3) is 0 Å². The van der Waals surface area contributed by atoms with Crippen LogP contribution < -0.4 is 4.90 Å². The number of nitrogens with zero attached hydrogens (tertiary/aromatic N) is 2. The van der Waals surface area contributed by atoms with E-state index in [1.807, 2.05) is 12.1 Å². The number of anilines is 1. The molecule has 100 valence electrons. The highest BCUT2D eigenvalue weighted by atomic mass is 32.1. The van der Waals surface area contributed by atoms with Crippen molar-refractivity contribution in [2.24, 2.45) is 0 Å². The first-order valence-corrected chi connectivity index (χ1v) is 7.40. The summed E-state index contributed by atoms with van der Waals surface area (Å²) in [7, 11) is 0. The Hall–Kier alpha value is -1.62. The zero-order valence-electron chi connectivity index (χ0n) is 10.9. The van der Waals surface area contributed by atoms with Gasteiger partial charge in [-0.2, -0.15) is 0 Å². The van der Waals surface area contributed by atoms with Crippen LogP contribution in [0.15, 0.2) is 22.8 Å². The normalized spacial score (nSPS) is 14.5. The Morgan fingerprint density at radius 2 is 2.37 bits per heavy atom. The summed E-state index contributed by atoms with van der Waals surface area (Å²) in [6.45, 7) is 3.64. The molecule has 3 rings (SSSR count). The fraction of sp³-hybridized carbons (Fsp3) is 0.429. The van der Waals surface area contributed by atoms with E-state index >= 15 is 0 Å². The van der Waals surface area contributed by atoms with E-state index in [-0.39, 0.29) is 5.78 Å². The molecule has 0 saturated heterocycles. The van der Waals surface area contributed by atoms with Crippen LogP contribution in [-0.2, 0) is 13.0 Å². The van der Waals surface area contributed by atoms with E-state index < -0.39 is 0 Å². The molecule has 2 aromatic rings. The lowest BCUT2D eigenvalue weighted by atomic mass is 10.0. The first kappa shape index (κ1) is 12.4. The number of aromatic nitrogens is 1. The number of hydrogen-bond acceptors (Lipinski definition) is 5. The Bertz CT molecular complexity index is 574. The molecule has 0 aromatic carbocycles. The monoisotopic (exact) mass is 276 g/mol. The van der Waals surface area contributed by atoms with Crippen LogP contribution in [0.1, 0.15) is 40.9 Å². The SMILES string of the molecule is CCN(Cc1ccco1)c1nc2c(s1)C(=O)CCC2. The number of furan rings is 1. The quantitative estimate of drug-likeness (QED) is 0.859. The Labute approximate surface area is 116 Å². The largest absolute Gasteiger partial charge is 0.467 e. The highest BCUT2D eigenvalue weighted by molar-refractivity contribution is 7.17. The van der Waals surface area contributed by atoms with Crippen LogP contribution in [0.3, 0.4) is 0 Å². The van der Waals surface area contributed by atoms with Crippen LogP contribution in [-0.4, -0.2) is 17.3 Å². The second-order valence-electron chi connectivity index (χ2n) is 4.64. The van der Waals surface area contributed by atoms with Gasteiger partial charge >= 0.3 is 0 Å². The van der Waals surface area contributed by atoms with E-state index in [0.29, 0.717) is 13.0 Å². The van der Waals surface area contributed by atoms with Crippen molar-refractivity contribution < 1.29 is 9.21 Å². The maximum absolute atomic E-state index is 11.9. The van der Waals surface area contributed by atoms with Crippen molar-refractivity contribution in [3.63, 3.8) is 0 Å². The number of carbonyl (C=O) groups excluding carboxylic acids is 1. The van der Waals surface area contributed by atoms with Crippen LogP contribution in [0.25, 0.3) is 0 Å². The minimum absolute atomic E-state index is 0.249. The van der Waals surface area contributed by atoms with Gasteiger partial charge in [-0.05, 0) is 31.9 Å². The maximum atomic E-state index is 11.9. The average Bonchev–Trinajstić information content (AvgIpc) is 3.05. The molecule has 0 radical (unpaired) electrons. The third-order valence-corrected chi connectivity index (χ3v) is 4.54. The molecule has 0 N–H and O–H groups in total. The van der Waals surface area contributed by atoms with Gasteiger partial charge in [0.2, 0.25) is 0 Å². The van der Waals surface area contributed by atoms with Crippen LogP contribution in [0.2, 0.25) is 0 Å². The standard InChI is InChI=1S/C14H16N2O2S/c1-2-16(9-10-5-4-8-18-10)14-15-11-6-3-7-12(17)13(11)19-14/h4-5,8H,2-3,6-7,9H2,1H3. The van der Waals surface area contributed by atoms with E-state index in [2.05, 4.69) is 16.8 Å². The highest BCUT2D eigenvalue weighted by Crippen LogP contribution is 2.32. The zero-order valence-corrected chi connectivity index (χ0v) is 11.7. The smallest absolute Gasteiger partial charge is 0.186 e. The summed E-state index contributed by atoms with van der Waals surface area (Å²) in [6, 6.07) is 3.85. The van der Waals surface area contributed by atoms with Crippen molar-refractivity contribution in [1.82, 2.24) is 4.98 Å². The lowest BCUT2D eigenvalue weighted by molar-refractivity contribution is 0.0976. The third kappa shape index (κ3) is 2.42. The lowest BCUT2D eigenvalue weighted by Crippen LogP contribution is -2.21. The maximum Gasteiger partial charge on any atom is 0.186 e. The van der Waals surface area contributed by atoms with E-state index in [1.54, 1.807) is 6.26 Å². The van der Waals surface area contributed by atoms with E-state index in [9.17, 15) is 4.79 Å².